The van der Waals surface area contributed by atoms with Crippen molar-refractivity contribution in [2.75, 3.05) is 0 Å². The van der Waals surface area contributed by atoms with Crippen molar-refractivity contribution >= 4 is 34.2 Å². The van der Waals surface area contributed by atoms with Gasteiger partial charge in [0.15, 0.2) is 5.78 Å². The van der Waals surface area contributed by atoms with E-state index >= 15 is 4.39 Å². The SMILES string of the molecule is CC(C)(C)c1cc(-c2cc(-c3cc[c]([Ge]([CH3])([CH3])[CH3])cc3F)ccn2)[c-]c2ccccc12.CCC(CC)C(=O)/C=C(\O)C(CC)CC.[Ir]. The number of aliphatic hydroxyl groups excluding tert-OH is 1. The molecule has 3 nitrogen and oxygen atoms in total. The number of hydrogen-bond donors (Lipinski definition) is 1. The van der Waals surface area contributed by atoms with Crippen molar-refractivity contribution in [3.05, 3.63) is 96.1 Å². The zero-order chi connectivity index (χ0) is 34.2. The summed E-state index contributed by atoms with van der Waals surface area (Å²) in [5.74, 6) is 7.23. The summed E-state index contributed by atoms with van der Waals surface area (Å²) in [7, 11) is 0. The van der Waals surface area contributed by atoms with Gasteiger partial charge in [0.1, 0.15) is 0 Å². The maximum Gasteiger partial charge on any atom is 0.162 e. The van der Waals surface area contributed by atoms with E-state index in [0.717, 1.165) is 47.9 Å². The van der Waals surface area contributed by atoms with Gasteiger partial charge in [0.05, 0.1) is 5.76 Å². The van der Waals surface area contributed by atoms with Gasteiger partial charge in [-0.15, -0.1) is 0 Å². The Morgan fingerprint density at radius 3 is 2.09 bits per heavy atom. The van der Waals surface area contributed by atoms with Crippen LogP contribution in [0.4, 0.5) is 4.39 Å². The van der Waals surface area contributed by atoms with Crippen molar-refractivity contribution in [3.8, 4) is 22.4 Å². The normalized spacial score (nSPS) is 12.1. The Kier molecular flexibility index (Phi) is 15.3. The molecule has 6 heteroatoms. The summed E-state index contributed by atoms with van der Waals surface area (Å²) in [5.41, 5.74) is 4.46. The first-order chi connectivity index (χ1) is 21.6. The zero-order valence-corrected chi connectivity index (χ0v) is 34.4. The molecule has 0 bridgehead atoms. The first-order valence-electron chi connectivity index (χ1n) is 16.8. The Bertz CT molecular complexity index is 1660. The summed E-state index contributed by atoms with van der Waals surface area (Å²) in [4.78, 5) is 16.3. The Labute approximate surface area is 299 Å². The molecule has 0 amide bonds. The van der Waals surface area contributed by atoms with Crippen LogP contribution in [-0.4, -0.2) is 29.1 Å². The average molecular weight is 876 g/mol. The molecule has 0 spiro atoms. The molecule has 0 saturated carbocycles. The zero-order valence-electron chi connectivity index (χ0n) is 29.9. The average Bonchev–Trinajstić information content (AvgIpc) is 3.01. The number of carbonyl (C=O) groups is 1. The smallest absolute Gasteiger partial charge is 0.162 e. The number of fused-ring (bicyclic) bond motifs is 1. The fourth-order valence-electron chi connectivity index (χ4n) is 5.73. The number of halogens is 1. The summed E-state index contributed by atoms with van der Waals surface area (Å²) in [6.45, 7) is 14.7. The standard InChI is InChI=1S/C28H29FGeN.C13H24O2.Ir/c1-28(2,3)25-16-21(15-19-9-7-8-10-23(19)25)27-17-20(13-14-31-27)24-12-11-22(18-26(24)29)30(4,5)6;1-5-10(6-2)12(14)9-13(15)11(7-3)8-4;/h7-14,16-18H,1-6H3;9-11,14H,5-8H2,1-4H3;/q-1;;/b;12-9-;. The molecule has 0 saturated heterocycles. The number of carbonyl (C=O) groups excluding carboxylic acids is 1. The van der Waals surface area contributed by atoms with Gasteiger partial charge in [0.2, 0.25) is 0 Å². The second-order valence-corrected chi connectivity index (χ2v) is 24.9. The second kappa shape index (κ2) is 17.7. The van der Waals surface area contributed by atoms with Crippen LogP contribution in [-0.2, 0) is 30.3 Å². The van der Waals surface area contributed by atoms with Crippen molar-refractivity contribution in [3.63, 3.8) is 0 Å². The van der Waals surface area contributed by atoms with E-state index in [9.17, 15) is 9.90 Å². The van der Waals surface area contributed by atoms with Crippen LogP contribution in [0.25, 0.3) is 33.2 Å². The quantitative estimate of drug-likeness (QED) is 0.0747. The number of allylic oxidation sites excluding steroid dienone is 2. The van der Waals surface area contributed by atoms with Crippen LogP contribution in [0.2, 0.25) is 17.3 Å². The molecule has 1 N–H and O–H groups in total. The molecule has 0 aliphatic heterocycles. The van der Waals surface area contributed by atoms with Crippen LogP contribution in [0.3, 0.4) is 0 Å². The van der Waals surface area contributed by atoms with Gasteiger partial charge in [-0.05, 0) is 25.7 Å². The monoisotopic (exact) mass is 877 g/mol. The van der Waals surface area contributed by atoms with Gasteiger partial charge in [-0.3, -0.25) is 4.79 Å². The Balaban J connectivity index is 0.000000410. The molecule has 4 aromatic rings. The van der Waals surface area contributed by atoms with Crippen molar-refractivity contribution in [2.24, 2.45) is 11.8 Å². The van der Waals surface area contributed by atoms with E-state index < -0.39 is 13.3 Å². The first-order valence-corrected chi connectivity index (χ1v) is 24.1. The largest absolute Gasteiger partial charge is 0.512 e. The van der Waals surface area contributed by atoms with Gasteiger partial charge in [0.25, 0.3) is 0 Å². The van der Waals surface area contributed by atoms with Gasteiger partial charge in [-0.25, -0.2) is 0 Å². The number of aliphatic hydroxyl groups is 1. The molecule has 0 fully saturated rings. The Hall–Kier alpha value is -2.60. The molecular weight excluding hydrogens is 822 g/mol. The number of rotatable bonds is 10. The predicted molar refractivity (Wildman–Crippen MR) is 197 cm³/mol. The Morgan fingerprint density at radius 1 is 0.915 bits per heavy atom. The number of benzene rings is 3. The molecule has 1 aromatic heterocycles. The van der Waals surface area contributed by atoms with Crippen molar-refractivity contribution < 1.29 is 34.4 Å². The first kappa shape index (κ1) is 40.6. The summed E-state index contributed by atoms with van der Waals surface area (Å²) in [6, 6.07) is 23.7. The van der Waals surface area contributed by atoms with E-state index in [2.05, 4.69) is 79.4 Å². The maximum atomic E-state index is 15.0. The molecule has 255 valence electrons. The minimum Gasteiger partial charge on any atom is -0.512 e. The summed E-state index contributed by atoms with van der Waals surface area (Å²) >= 11 is -2.07. The van der Waals surface area contributed by atoms with E-state index in [4.69, 9.17) is 0 Å². The molecule has 0 atom stereocenters. The van der Waals surface area contributed by atoms with Crippen molar-refractivity contribution in [1.29, 1.82) is 0 Å². The Morgan fingerprint density at radius 2 is 1.53 bits per heavy atom. The molecule has 0 unspecified atom stereocenters. The van der Waals surface area contributed by atoms with Crippen LogP contribution >= 0.6 is 0 Å². The molecule has 0 aliphatic carbocycles. The molecule has 0 aliphatic rings. The minimum atomic E-state index is -2.07. The van der Waals surface area contributed by atoms with Gasteiger partial charge in [-0.2, -0.15) is 0 Å². The van der Waals surface area contributed by atoms with E-state index in [1.807, 2.05) is 52.0 Å². The summed E-state index contributed by atoms with van der Waals surface area (Å²) in [6.07, 6.45) is 6.67. The third-order valence-electron chi connectivity index (χ3n) is 8.85. The van der Waals surface area contributed by atoms with Crippen molar-refractivity contribution in [1.82, 2.24) is 4.98 Å². The van der Waals surface area contributed by atoms with Crippen LogP contribution in [0.5, 0.6) is 0 Å². The third-order valence-corrected chi connectivity index (χ3v) is 13.1. The molecule has 1 heterocycles. The number of hydrogen-bond acceptors (Lipinski definition) is 3. The molecule has 4 rings (SSSR count). The topological polar surface area (TPSA) is 50.2 Å². The molecule has 3 aromatic carbocycles. The van der Waals surface area contributed by atoms with Crippen molar-refractivity contribution in [2.45, 2.75) is 96.8 Å². The van der Waals surface area contributed by atoms with E-state index in [0.29, 0.717) is 5.56 Å². The number of aromatic nitrogens is 1. The van der Waals surface area contributed by atoms with Gasteiger partial charge in [-0.1, -0.05) is 33.8 Å². The van der Waals surface area contributed by atoms with Crippen LogP contribution < -0.4 is 4.40 Å². The molecule has 1 radical (unpaired) electrons. The second-order valence-electron chi connectivity index (χ2n) is 14.3. The fourth-order valence-corrected chi connectivity index (χ4v) is 8.13. The minimum absolute atomic E-state index is 0. The number of nitrogens with zero attached hydrogens (tertiary/aromatic N) is 1. The third kappa shape index (κ3) is 10.7. The summed E-state index contributed by atoms with van der Waals surface area (Å²) in [5, 5.41) is 12.0. The molecular formula is C41H53FGeIrNO2-. The van der Waals surface area contributed by atoms with Crippen LogP contribution in [0, 0.1) is 23.7 Å². The van der Waals surface area contributed by atoms with E-state index in [1.165, 1.54) is 21.4 Å². The van der Waals surface area contributed by atoms with Gasteiger partial charge >= 0.3 is 182 Å². The maximum absolute atomic E-state index is 15.0. The molecule has 47 heavy (non-hydrogen) atoms. The summed E-state index contributed by atoms with van der Waals surface area (Å²) < 4.78 is 16.2. The van der Waals surface area contributed by atoms with Crippen LogP contribution in [0.1, 0.15) is 79.7 Å². The van der Waals surface area contributed by atoms with Gasteiger partial charge < -0.3 is 5.11 Å². The van der Waals surface area contributed by atoms with E-state index in [-0.39, 0.29) is 54.7 Å². The predicted octanol–water partition coefficient (Wildman–Crippen LogP) is 11.2. The van der Waals surface area contributed by atoms with Crippen LogP contribution in [0.15, 0.2) is 78.7 Å². The van der Waals surface area contributed by atoms with Gasteiger partial charge in [0, 0.05) is 38.0 Å². The fraction of sp³-hybridized carbons (Fsp3) is 0.415. The number of ketones is 1. The van der Waals surface area contributed by atoms with E-state index in [1.54, 1.807) is 12.3 Å². The number of pyridine rings is 1.